The van der Waals surface area contributed by atoms with Crippen molar-refractivity contribution in [1.82, 2.24) is 15.5 Å². The van der Waals surface area contributed by atoms with E-state index in [1.807, 2.05) is 6.92 Å². The molecule has 0 saturated carbocycles. The molecule has 2 atom stereocenters. The van der Waals surface area contributed by atoms with Gasteiger partial charge in [-0.2, -0.15) is 0 Å². The number of ether oxygens (including phenoxy) is 2. The molecule has 28 heavy (non-hydrogen) atoms. The third-order valence-electron chi connectivity index (χ3n) is 4.67. The van der Waals surface area contributed by atoms with E-state index in [-0.39, 0.29) is 30.3 Å². The SMILES string of the molecule is COc1ccc(C(C)NC(=NCC(=O)N(C)C)NCC2CCCCO2)cc1F. The number of aliphatic imine (C=N–C) groups is 1. The van der Waals surface area contributed by atoms with Crippen LogP contribution in [0.5, 0.6) is 5.75 Å². The highest BCUT2D eigenvalue weighted by molar-refractivity contribution is 5.85. The van der Waals surface area contributed by atoms with Crippen LogP contribution >= 0.6 is 0 Å². The third kappa shape index (κ3) is 6.67. The molecular formula is C20H31FN4O3. The Kier molecular flexibility index (Phi) is 8.50. The van der Waals surface area contributed by atoms with E-state index in [0.717, 1.165) is 31.4 Å². The summed E-state index contributed by atoms with van der Waals surface area (Å²) in [4.78, 5) is 17.8. The Labute approximate surface area is 166 Å². The summed E-state index contributed by atoms with van der Waals surface area (Å²) in [5.41, 5.74) is 0.751. The summed E-state index contributed by atoms with van der Waals surface area (Å²) in [6.45, 7) is 3.31. The van der Waals surface area contributed by atoms with Gasteiger partial charge in [0.25, 0.3) is 0 Å². The number of methoxy groups -OCH3 is 1. The van der Waals surface area contributed by atoms with Crippen LogP contribution in [-0.2, 0) is 9.53 Å². The van der Waals surface area contributed by atoms with Gasteiger partial charge in [0.05, 0.1) is 19.3 Å². The lowest BCUT2D eigenvalue weighted by Crippen LogP contribution is -2.44. The zero-order valence-electron chi connectivity index (χ0n) is 17.1. The van der Waals surface area contributed by atoms with Crippen molar-refractivity contribution in [2.24, 2.45) is 4.99 Å². The van der Waals surface area contributed by atoms with Gasteiger partial charge in [-0.05, 0) is 43.9 Å². The van der Waals surface area contributed by atoms with Crippen LogP contribution in [0.3, 0.4) is 0 Å². The summed E-state index contributed by atoms with van der Waals surface area (Å²) in [5, 5.41) is 6.48. The number of nitrogens with zero attached hydrogens (tertiary/aromatic N) is 2. The van der Waals surface area contributed by atoms with Crippen molar-refractivity contribution in [2.45, 2.75) is 38.3 Å². The van der Waals surface area contributed by atoms with Crippen molar-refractivity contribution in [3.63, 3.8) is 0 Å². The maximum atomic E-state index is 14.0. The molecule has 0 bridgehead atoms. The van der Waals surface area contributed by atoms with E-state index in [1.54, 1.807) is 26.2 Å². The molecule has 0 spiro atoms. The lowest BCUT2D eigenvalue weighted by atomic mass is 10.1. The number of amides is 1. The number of guanidine groups is 1. The molecular weight excluding hydrogens is 363 g/mol. The van der Waals surface area contributed by atoms with Gasteiger partial charge in [-0.25, -0.2) is 9.38 Å². The topological polar surface area (TPSA) is 75.2 Å². The van der Waals surface area contributed by atoms with Crippen molar-refractivity contribution in [3.8, 4) is 5.75 Å². The second kappa shape index (κ2) is 10.8. The van der Waals surface area contributed by atoms with Gasteiger partial charge in [0, 0.05) is 27.2 Å². The van der Waals surface area contributed by atoms with E-state index >= 15 is 0 Å². The maximum absolute atomic E-state index is 14.0. The van der Waals surface area contributed by atoms with Gasteiger partial charge in [-0.3, -0.25) is 4.79 Å². The van der Waals surface area contributed by atoms with Gasteiger partial charge < -0.3 is 25.0 Å². The molecule has 8 heteroatoms. The highest BCUT2D eigenvalue weighted by Gasteiger charge is 2.16. The highest BCUT2D eigenvalue weighted by atomic mass is 19.1. The largest absolute Gasteiger partial charge is 0.494 e. The van der Waals surface area contributed by atoms with Gasteiger partial charge in [0.15, 0.2) is 17.5 Å². The number of hydrogen-bond acceptors (Lipinski definition) is 4. The Morgan fingerprint density at radius 2 is 2.21 bits per heavy atom. The molecule has 1 saturated heterocycles. The van der Waals surface area contributed by atoms with E-state index in [0.29, 0.717) is 12.5 Å². The lowest BCUT2D eigenvalue weighted by molar-refractivity contribution is -0.127. The maximum Gasteiger partial charge on any atom is 0.243 e. The molecule has 0 aromatic heterocycles. The van der Waals surface area contributed by atoms with Crippen molar-refractivity contribution >= 4 is 11.9 Å². The first-order valence-corrected chi connectivity index (χ1v) is 9.60. The standard InChI is InChI=1S/C20H31FN4O3/c1-14(15-8-9-18(27-4)17(21)11-15)24-20(23-13-19(26)25(2)3)22-12-16-7-5-6-10-28-16/h8-9,11,14,16H,5-7,10,12-13H2,1-4H3,(H2,22,23,24). The summed E-state index contributed by atoms with van der Waals surface area (Å²) in [5.74, 6) is 0.179. The number of carbonyl (C=O) groups is 1. The highest BCUT2D eigenvalue weighted by Crippen LogP contribution is 2.21. The molecule has 1 aliphatic rings. The van der Waals surface area contributed by atoms with Crippen molar-refractivity contribution < 1.29 is 18.7 Å². The second-order valence-electron chi connectivity index (χ2n) is 7.08. The zero-order valence-corrected chi connectivity index (χ0v) is 17.1. The first-order chi connectivity index (χ1) is 13.4. The Bertz CT molecular complexity index is 675. The molecule has 1 heterocycles. The first-order valence-electron chi connectivity index (χ1n) is 9.60. The lowest BCUT2D eigenvalue weighted by Gasteiger charge is -2.25. The van der Waals surface area contributed by atoms with Crippen LogP contribution in [0.1, 0.15) is 37.8 Å². The van der Waals surface area contributed by atoms with Gasteiger partial charge >= 0.3 is 0 Å². The monoisotopic (exact) mass is 394 g/mol. The van der Waals surface area contributed by atoms with Crippen LogP contribution in [0.4, 0.5) is 4.39 Å². The predicted molar refractivity (Wildman–Crippen MR) is 107 cm³/mol. The molecule has 7 nitrogen and oxygen atoms in total. The molecule has 1 fully saturated rings. The predicted octanol–water partition coefficient (Wildman–Crippen LogP) is 2.09. The van der Waals surface area contributed by atoms with Gasteiger partial charge in [0.2, 0.25) is 5.91 Å². The number of carbonyl (C=O) groups excluding carboxylic acids is 1. The molecule has 0 radical (unpaired) electrons. The summed E-state index contributed by atoms with van der Waals surface area (Å²) in [6.07, 6.45) is 3.36. The van der Waals surface area contributed by atoms with E-state index in [9.17, 15) is 9.18 Å². The van der Waals surface area contributed by atoms with E-state index in [2.05, 4.69) is 15.6 Å². The Morgan fingerprint density at radius 1 is 1.43 bits per heavy atom. The number of nitrogens with one attached hydrogen (secondary N) is 2. The van der Waals surface area contributed by atoms with E-state index in [1.165, 1.54) is 18.1 Å². The molecule has 1 aliphatic heterocycles. The molecule has 1 amide bonds. The van der Waals surface area contributed by atoms with Crippen molar-refractivity contribution in [2.75, 3.05) is 40.9 Å². The average molecular weight is 394 g/mol. The van der Waals surface area contributed by atoms with Gasteiger partial charge in [-0.15, -0.1) is 0 Å². The summed E-state index contributed by atoms with van der Waals surface area (Å²) >= 11 is 0. The molecule has 156 valence electrons. The number of likely N-dealkylation sites (N-methyl/N-ethyl adjacent to an activating group) is 1. The fourth-order valence-corrected chi connectivity index (χ4v) is 2.86. The van der Waals surface area contributed by atoms with E-state index < -0.39 is 5.82 Å². The number of benzene rings is 1. The minimum absolute atomic E-state index is 0.0253. The van der Waals surface area contributed by atoms with Crippen LogP contribution in [0, 0.1) is 5.82 Å². The number of hydrogen-bond donors (Lipinski definition) is 2. The van der Waals surface area contributed by atoms with Crippen molar-refractivity contribution in [3.05, 3.63) is 29.6 Å². The minimum atomic E-state index is -0.418. The van der Waals surface area contributed by atoms with Crippen LogP contribution in [0.2, 0.25) is 0 Å². The van der Waals surface area contributed by atoms with Gasteiger partial charge in [-0.1, -0.05) is 6.07 Å². The quantitative estimate of drug-likeness (QED) is 0.547. The Morgan fingerprint density at radius 3 is 2.82 bits per heavy atom. The van der Waals surface area contributed by atoms with Crippen molar-refractivity contribution in [1.29, 1.82) is 0 Å². The average Bonchev–Trinajstić information content (AvgIpc) is 2.70. The third-order valence-corrected chi connectivity index (χ3v) is 4.67. The molecule has 1 aromatic rings. The smallest absolute Gasteiger partial charge is 0.243 e. The summed E-state index contributed by atoms with van der Waals surface area (Å²) in [6, 6.07) is 4.61. The van der Waals surface area contributed by atoms with Crippen LogP contribution in [-0.4, -0.2) is 63.8 Å². The molecule has 2 rings (SSSR count). The molecule has 2 unspecified atom stereocenters. The Balaban J connectivity index is 2.04. The fourth-order valence-electron chi connectivity index (χ4n) is 2.86. The van der Waals surface area contributed by atoms with E-state index in [4.69, 9.17) is 9.47 Å². The number of halogens is 1. The minimum Gasteiger partial charge on any atom is -0.494 e. The van der Waals surface area contributed by atoms with Gasteiger partial charge in [0.1, 0.15) is 6.54 Å². The number of rotatable bonds is 7. The summed E-state index contributed by atoms with van der Waals surface area (Å²) < 4.78 is 24.7. The first kappa shape index (κ1) is 21.9. The molecule has 1 aromatic carbocycles. The van der Waals surface area contributed by atoms with Crippen LogP contribution in [0.15, 0.2) is 23.2 Å². The Hall–Kier alpha value is -2.35. The summed E-state index contributed by atoms with van der Waals surface area (Å²) in [7, 11) is 4.82. The van der Waals surface area contributed by atoms with Crippen LogP contribution in [0.25, 0.3) is 0 Å². The molecule has 2 N–H and O–H groups in total. The second-order valence-corrected chi connectivity index (χ2v) is 7.08. The fraction of sp³-hybridized carbons (Fsp3) is 0.600. The van der Waals surface area contributed by atoms with Crippen LogP contribution < -0.4 is 15.4 Å². The molecule has 0 aliphatic carbocycles. The zero-order chi connectivity index (χ0) is 20.5. The normalized spacial score (nSPS) is 18.3.